The summed E-state index contributed by atoms with van der Waals surface area (Å²) in [7, 11) is -2.36. The van der Waals surface area contributed by atoms with Crippen LogP contribution in [-0.2, 0) is 21.4 Å². The molecule has 3 aromatic rings. The van der Waals surface area contributed by atoms with Crippen molar-refractivity contribution in [3.05, 3.63) is 54.0 Å². The lowest BCUT2D eigenvalue weighted by Crippen LogP contribution is -2.28. The quantitative estimate of drug-likeness (QED) is 0.515. The Labute approximate surface area is 197 Å². The fourth-order valence-electron chi connectivity index (χ4n) is 4.39. The molecule has 2 aromatic carbocycles. The summed E-state index contributed by atoms with van der Waals surface area (Å²) >= 11 is 0. The van der Waals surface area contributed by atoms with Gasteiger partial charge < -0.3 is 19.1 Å². The highest BCUT2D eigenvalue weighted by Crippen LogP contribution is 2.38. The summed E-state index contributed by atoms with van der Waals surface area (Å²) in [6.07, 6.45) is 2.22. The van der Waals surface area contributed by atoms with Crippen LogP contribution in [0.15, 0.2) is 47.5 Å². The average molecular weight is 491 g/mol. The number of carboxylic acid groups (broad SMARTS) is 1. The first-order valence-electron chi connectivity index (χ1n) is 10.9. The van der Waals surface area contributed by atoms with E-state index in [1.165, 1.54) is 34.2 Å². The number of benzene rings is 2. The second-order valence-electron chi connectivity index (χ2n) is 8.60. The maximum absolute atomic E-state index is 14.3. The van der Waals surface area contributed by atoms with Gasteiger partial charge in [0.05, 0.1) is 23.6 Å². The van der Waals surface area contributed by atoms with Crippen molar-refractivity contribution in [2.45, 2.75) is 43.7 Å². The number of aliphatic carboxylic acids is 1. The van der Waals surface area contributed by atoms with Gasteiger partial charge in [0.15, 0.2) is 11.6 Å². The van der Waals surface area contributed by atoms with Gasteiger partial charge in [-0.05, 0) is 56.2 Å². The van der Waals surface area contributed by atoms with E-state index >= 15 is 0 Å². The number of carboxylic acids is 1. The Balaban J connectivity index is 1.63. The molecule has 2 heterocycles. The molecule has 1 aliphatic rings. The molecule has 8 nitrogen and oxygen atoms in total. The lowest BCUT2D eigenvalue weighted by atomic mass is 9.98. The zero-order valence-corrected chi connectivity index (χ0v) is 20.0. The van der Waals surface area contributed by atoms with Gasteiger partial charge in [-0.3, -0.25) is 4.79 Å². The van der Waals surface area contributed by atoms with E-state index in [9.17, 15) is 22.7 Å². The Kier molecular flexibility index (Phi) is 6.55. The van der Waals surface area contributed by atoms with Crippen molar-refractivity contribution in [1.82, 2.24) is 8.87 Å². The summed E-state index contributed by atoms with van der Waals surface area (Å²) in [5, 5.41) is 9.93. The monoisotopic (exact) mass is 490 g/mol. The molecule has 0 bridgehead atoms. The van der Waals surface area contributed by atoms with Crippen LogP contribution in [0.2, 0.25) is 0 Å². The van der Waals surface area contributed by atoms with Crippen molar-refractivity contribution in [2.24, 2.45) is 0 Å². The highest BCUT2D eigenvalue weighted by atomic mass is 32.2. The summed E-state index contributed by atoms with van der Waals surface area (Å²) in [4.78, 5) is 11.5. The van der Waals surface area contributed by atoms with E-state index in [-0.39, 0.29) is 35.8 Å². The van der Waals surface area contributed by atoms with Gasteiger partial charge in [0.25, 0.3) is 0 Å². The maximum atomic E-state index is 14.3. The Morgan fingerprint density at radius 2 is 1.94 bits per heavy atom. The first kappa shape index (κ1) is 24.0. The standard InChI is InChI=1S/C24H27FN2O6S/c1-15(2)33-17-4-6-18(7-5-17)34(30,31)27-9-8-16(12-27)20-13-26(14-24(28)29)22-11-21(25)23(32-3)10-19(20)22/h4-7,10-11,13,15-16H,8-9,12,14H2,1-3H3,(H,28,29). The molecule has 34 heavy (non-hydrogen) atoms. The van der Waals surface area contributed by atoms with Crippen LogP contribution in [0.4, 0.5) is 4.39 Å². The molecule has 1 aliphatic heterocycles. The van der Waals surface area contributed by atoms with E-state index in [0.29, 0.717) is 29.6 Å². The van der Waals surface area contributed by atoms with Crippen LogP contribution in [0.3, 0.4) is 0 Å². The normalized spacial score (nSPS) is 16.9. The molecule has 0 spiro atoms. The summed E-state index contributed by atoms with van der Waals surface area (Å²) in [5.41, 5.74) is 1.20. The molecule has 0 saturated carbocycles. The van der Waals surface area contributed by atoms with Crippen molar-refractivity contribution < 1.29 is 32.2 Å². The Morgan fingerprint density at radius 3 is 2.56 bits per heavy atom. The molecule has 1 atom stereocenters. The number of hydrogen-bond acceptors (Lipinski definition) is 5. The van der Waals surface area contributed by atoms with Crippen LogP contribution in [0.5, 0.6) is 11.5 Å². The van der Waals surface area contributed by atoms with E-state index in [1.807, 2.05) is 13.8 Å². The average Bonchev–Trinajstić information content (AvgIpc) is 3.38. The Morgan fingerprint density at radius 1 is 1.24 bits per heavy atom. The molecule has 0 amide bonds. The topological polar surface area (TPSA) is 98.1 Å². The fourth-order valence-corrected chi connectivity index (χ4v) is 5.89. The third kappa shape index (κ3) is 4.60. The molecule has 4 rings (SSSR count). The van der Waals surface area contributed by atoms with E-state index in [0.717, 1.165) is 5.56 Å². The van der Waals surface area contributed by atoms with Gasteiger partial charge in [-0.1, -0.05) is 0 Å². The summed E-state index contributed by atoms with van der Waals surface area (Å²) < 4.78 is 54.4. The minimum Gasteiger partial charge on any atom is -0.494 e. The van der Waals surface area contributed by atoms with Gasteiger partial charge in [-0.2, -0.15) is 4.31 Å². The molecule has 10 heteroatoms. The molecule has 1 N–H and O–H groups in total. The molecule has 0 radical (unpaired) electrons. The number of nitrogens with zero attached hydrogens (tertiary/aromatic N) is 2. The summed E-state index contributed by atoms with van der Waals surface area (Å²) in [6.45, 7) is 4.01. The van der Waals surface area contributed by atoms with Gasteiger partial charge in [-0.15, -0.1) is 0 Å². The molecule has 1 aromatic heterocycles. The van der Waals surface area contributed by atoms with Crippen molar-refractivity contribution in [3.63, 3.8) is 0 Å². The van der Waals surface area contributed by atoms with Gasteiger partial charge in [-0.25, -0.2) is 12.8 Å². The second kappa shape index (κ2) is 9.27. The van der Waals surface area contributed by atoms with Crippen LogP contribution in [-0.4, -0.2) is 54.7 Å². The molecule has 182 valence electrons. The zero-order valence-electron chi connectivity index (χ0n) is 19.2. The maximum Gasteiger partial charge on any atom is 0.323 e. The SMILES string of the molecule is COc1cc2c(C3CCN(S(=O)(=O)c4ccc(OC(C)C)cc4)C3)cn(CC(=O)O)c2cc1F. The highest BCUT2D eigenvalue weighted by molar-refractivity contribution is 7.89. The van der Waals surface area contributed by atoms with Crippen molar-refractivity contribution in [3.8, 4) is 11.5 Å². The Hall–Kier alpha value is -3.11. The van der Waals surface area contributed by atoms with Gasteiger partial charge in [0.1, 0.15) is 12.3 Å². The van der Waals surface area contributed by atoms with Crippen LogP contribution in [0, 0.1) is 5.82 Å². The first-order chi connectivity index (χ1) is 16.1. The lowest BCUT2D eigenvalue weighted by Gasteiger charge is -2.17. The van der Waals surface area contributed by atoms with Crippen LogP contribution >= 0.6 is 0 Å². The predicted molar refractivity (Wildman–Crippen MR) is 124 cm³/mol. The molecule has 0 aliphatic carbocycles. The van der Waals surface area contributed by atoms with Crippen LogP contribution in [0.1, 0.15) is 31.7 Å². The fraction of sp³-hybridized carbons (Fsp3) is 0.375. The number of fused-ring (bicyclic) bond motifs is 1. The minimum atomic E-state index is -3.72. The lowest BCUT2D eigenvalue weighted by molar-refractivity contribution is -0.137. The smallest absolute Gasteiger partial charge is 0.323 e. The molecule has 1 fully saturated rings. The van der Waals surface area contributed by atoms with Crippen LogP contribution < -0.4 is 9.47 Å². The Bertz CT molecular complexity index is 1320. The first-order valence-corrected chi connectivity index (χ1v) is 12.4. The van der Waals surface area contributed by atoms with Crippen molar-refractivity contribution in [2.75, 3.05) is 20.2 Å². The number of ether oxygens (including phenoxy) is 2. The number of aromatic nitrogens is 1. The van der Waals surface area contributed by atoms with Crippen LogP contribution in [0.25, 0.3) is 10.9 Å². The molecular formula is C24H27FN2O6S. The number of carbonyl (C=O) groups is 1. The van der Waals surface area contributed by atoms with E-state index < -0.39 is 21.8 Å². The predicted octanol–water partition coefficient (Wildman–Crippen LogP) is 3.84. The second-order valence-corrected chi connectivity index (χ2v) is 10.5. The zero-order chi connectivity index (χ0) is 24.6. The number of halogens is 1. The summed E-state index contributed by atoms with van der Waals surface area (Å²) in [6, 6.07) is 9.15. The molecule has 1 unspecified atom stereocenters. The van der Waals surface area contributed by atoms with E-state index in [2.05, 4.69) is 0 Å². The van der Waals surface area contributed by atoms with Crippen molar-refractivity contribution >= 4 is 26.9 Å². The molecule has 1 saturated heterocycles. The number of methoxy groups -OCH3 is 1. The van der Waals surface area contributed by atoms with E-state index in [4.69, 9.17) is 9.47 Å². The summed E-state index contributed by atoms with van der Waals surface area (Å²) in [5.74, 6) is -1.17. The molecular weight excluding hydrogens is 463 g/mol. The number of sulfonamides is 1. The number of rotatable bonds is 8. The van der Waals surface area contributed by atoms with Gasteiger partial charge in [0, 0.05) is 36.7 Å². The van der Waals surface area contributed by atoms with Gasteiger partial charge >= 0.3 is 5.97 Å². The third-order valence-corrected chi connectivity index (χ3v) is 7.79. The van der Waals surface area contributed by atoms with Crippen molar-refractivity contribution in [1.29, 1.82) is 0 Å². The highest BCUT2D eigenvalue weighted by Gasteiger charge is 2.35. The third-order valence-electron chi connectivity index (χ3n) is 5.92. The van der Waals surface area contributed by atoms with Gasteiger partial charge in [0.2, 0.25) is 10.0 Å². The largest absolute Gasteiger partial charge is 0.494 e. The minimum absolute atomic E-state index is 0.0165. The number of hydrogen-bond donors (Lipinski definition) is 1. The van der Waals surface area contributed by atoms with E-state index in [1.54, 1.807) is 24.4 Å².